The van der Waals surface area contributed by atoms with E-state index in [0.29, 0.717) is 16.1 Å². The highest BCUT2D eigenvalue weighted by molar-refractivity contribution is 6.30. The van der Waals surface area contributed by atoms with Crippen molar-refractivity contribution in [2.45, 2.75) is 20.0 Å². The lowest BCUT2D eigenvalue weighted by Crippen LogP contribution is -2.41. The normalized spacial score (nSPS) is 11.0. The smallest absolute Gasteiger partial charge is 0.292 e. The van der Waals surface area contributed by atoms with Gasteiger partial charge >= 0.3 is 5.69 Å². The average molecular weight is 420 g/mol. The highest BCUT2D eigenvalue weighted by atomic mass is 35.5. The van der Waals surface area contributed by atoms with Crippen LogP contribution in [0.25, 0.3) is 11.0 Å². The van der Waals surface area contributed by atoms with Crippen LogP contribution in [0.1, 0.15) is 21.5 Å². The highest BCUT2D eigenvalue weighted by Gasteiger charge is 2.17. The van der Waals surface area contributed by atoms with Crippen LogP contribution in [0.2, 0.25) is 5.02 Å². The molecule has 0 atom stereocenters. The van der Waals surface area contributed by atoms with Crippen LogP contribution in [0.3, 0.4) is 0 Å². The van der Waals surface area contributed by atoms with Crippen molar-refractivity contribution >= 4 is 28.4 Å². The molecule has 7 heteroatoms. The van der Waals surface area contributed by atoms with Crippen LogP contribution in [-0.2, 0) is 13.1 Å². The summed E-state index contributed by atoms with van der Waals surface area (Å²) in [6, 6.07) is 17.3. The molecule has 0 amide bonds. The third-order valence-corrected chi connectivity index (χ3v) is 5.17. The number of ketones is 1. The van der Waals surface area contributed by atoms with Gasteiger partial charge in [-0.2, -0.15) is 0 Å². The summed E-state index contributed by atoms with van der Waals surface area (Å²) in [5.74, 6) is -0.264. The molecular weight excluding hydrogens is 402 g/mol. The van der Waals surface area contributed by atoms with E-state index in [1.54, 1.807) is 36.4 Å². The number of Topliss-reactive ketones (excluding diaryl/α,β-unsaturated/α-hetero) is 1. The van der Waals surface area contributed by atoms with Crippen LogP contribution in [-0.4, -0.2) is 19.9 Å². The first kappa shape index (κ1) is 19.8. The molecule has 6 nitrogen and oxygen atoms in total. The number of rotatable bonds is 5. The van der Waals surface area contributed by atoms with Crippen molar-refractivity contribution in [1.29, 1.82) is 0 Å². The Kier molecular flexibility index (Phi) is 5.33. The van der Waals surface area contributed by atoms with Crippen molar-refractivity contribution in [1.82, 2.24) is 14.1 Å². The fraction of sp³-hybridized carbons (Fsp3) is 0.130. The van der Waals surface area contributed by atoms with E-state index in [-0.39, 0.29) is 24.4 Å². The largest absolute Gasteiger partial charge is 0.332 e. The summed E-state index contributed by atoms with van der Waals surface area (Å²) in [6.07, 6.45) is 1.50. The molecule has 4 rings (SSSR count). The average Bonchev–Trinajstić information content (AvgIpc) is 2.76. The third-order valence-electron chi connectivity index (χ3n) is 4.92. The second-order valence-corrected chi connectivity index (χ2v) is 7.48. The number of aromatic nitrogens is 3. The molecule has 150 valence electrons. The minimum Gasteiger partial charge on any atom is -0.292 e. The van der Waals surface area contributed by atoms with Gasteiger partial charge in [-0.25, -0.2) is 9.78 Å². The molecule has 0 aliphatic heterocycles. The maximum atomic E-state index is 13.2. The highest BCUT2D eigenvalue weighted by Crippen LogP contribution is 2.12. The first-order valence-corrected chi connectivity index (χ1v) is 9.74. The van der Waals surface area contributed by atoms with E-state index < -0.39 is 11.2 Å². The number of benzene rings is 2. The van der Waals surface area contributed by atoms with Gasteiger partial charge in [-0.3, -0.25) is 18.7 Å². The summed E-state index contributed by atoms with van der Waals surface area (Å²) in [7, 11) is 0. The van der Waals surface area contributed by atoms with E-state index in [9.17, 15) is 14.4 Å². The molecule has 2 heterocycles. The minimum atomic E-state index is -0.552. The Morgan fingerprint density at radius 2 is 1.67 bits per heavy atom. The molecule has 0 spiro atoms. The zero-order chi connectivity index (χ0) is 21.3. The minimum absolute atomic E-state index is 0.0968. The van der Waals surface area contributed by atoms with Crippen molar-refractivity contribution in [3.8, 4) is 0 Å². The number of hydrogen-bond donors (Lipinski definition) is 0. The first-order valence-electron chi connectivity index (χ1n) is 9.37. The number of hydrogen-bond acceptors (Lipinski definition) is 4. The summed E-state index contributed by atoms with van der Waals surface area (Å²) in [5.41, 5.74) is 1.76. The summed E-state index contributed by atoms with van der Waals surface area (Å²) >= 11 is 5.89. The zero-order valence-electron chi connectivity index (χ0n) is 16.2. The Morgan fingerprint density at radius 1 is 0.967 bits per heavy atom. The fourth-order valence-corrected chi connectivity index (χ4v) is 3.41. The predicted octanol–water partition coefficient (Wildman–Crippen LogP) is 3.45. The number of aryl methyl sites for hydroxylation is 1. The third kappa shape index (κ3) is 3.82. The van der Waals surface area contributed by atoms with Crippen LogP contribution in [0.5, 0.6) is 0 Å². The molecular formula is C23H18ClN3O3. The Balaban J connectivity index is 1.83. The van der Waals surface area contributed by atoms with Crippen LogP contribution >= 0.6 is 11.6 Å². The number of carbonyl (C=O) groups excluding carboxylic acids is 1. The van der Waals surface area contributed by atoms with E-state index in [4.69, 9.17) is 11.6 Å². The van der Waals surface area contributed by atoms with Gasteiger partial charge in [-0.05, 0) is 48.9 Å². The molecule has 0 saturated heterocycles. The van der Waals surface area contributed by atoms with Gasteiger partial charge in [0.2, 0.25) is 0 Å². The maximum Gasteiger partial charge on any atom is 0.332 e. The molecule has 4 aromatic rings. The van der Waals surface area contributed by atoms with Gasteiger partial charge in [-0.15, -0.1) is 0 Å². The number of carbonyl (C=O) groups is 1. The second-order valence-electron chi connectivity index (χ2n) is 7.05. The molecule has 0 bridgehead atoms. The second kappa shape index (κ2) is 8.08. The molecule has 0 saturated carbocycles. The van der Waals surface area contributed by atoms with E-state index in [2.05, 4.69) is 4.98 Å². The monoisotopic (exact) mass is 419 g/mol. The molecule has 30 heavy (non-hydrogen) atoms. The van der Waals surface area contributed by atoms with E-state index in [1.807, 2.05) is 31.2 Å². The lowest BCUT2D eigenvalue weighted by molar-refractivity contribution is 0.0971. The van der Waals surface area contributed by atoms with Crippen LogP contribution < -0.4 is 11.2 Å². The molecule has 0 radical (unpaired) electrons. The number of fused-ring (bicyclic) bond motifs is 1. The van der Waals surface area contributed by atoms with Crippen molar-refractivity contribution in [2.75, 3.05) is 0 Å². The van der Waals surface area contributed by atoms with Gasteiger partial charge in [-0.1, -0.05) is 41.4 Å². The van der Waals surface area contributed by atoms with Gasteiger partial charge in [0.05, 0.1) is 18.6 Å². The summed E-state index contributed by atoms with van der Waals surface area (Å²) in [5, 5.41) is 0.519. The Bertz CT molecular complexity index is 1350. The van der Waals surface area contributed by atoms with E-state index in [0.717, 1.165) is 15.7 Å². The fourth-order valence-electron chi connectivity index (χ4n) is 3.28. The molecule has 2 aromatic heterocycles. The van der Waals surface area contributed by atoms with Gasteiger partial charge < -0.3 is 0 Å². The molecule has 0 aliphatic rings. The van der Waals surface area contributed by atoms with Gasteiger partial charge in [0, 0.05) is 16.8 Å². The molecule has 0 N–H and O–H groups in total. The molecule has 0 fully saturated rings. The van der Waals surface area contributed by atoms with Crippen LogP contribution in [0, 0.1) is 6.92 Å². The lowest BCUT2D eigenvalue weighted by atomic mass is 10.1. The standard InChI is InChI=1S/C23H18ClN3O3/c1-15-4-6-16(7-5-15)13-27-22(29)21-19(3-2-12-25-21)26(23(27)30)14-20(28)17-8-10-18(24)11-9-17/h2-12H,13-14H2,1H3. The Hall–Kier alpha value is -3.51. The number of halogens is 1. The summed E-state index contributed by atoms with van der Waals surface area (Å²) < 4.78 is 2.42. The summed E-state index contributed by atoms with van der Waals surface area (Å²) in [4.78, 5) is 43.1. The van der Waals surface area contributed by atoms with Gasteiger partial charge in [0.1, 0.15) is 0 Å². The molecule has 0 aliphatic carbocycles. The first-order chi connectivity index (χ1) is 14.4. The van der Waals surface area contributed by atoms with Crippen molar-refractivity contribution in [3.05, 3.63) is 109 Å². The van der Waals surface area contributed by atoms with Gasteiger partial charge in [0.15, 0.2) is 11.3 Å². The molecule has 2 aromatic carbocycles. The zero-order valence-corrected chi connectivity index (χ0v) is 17.0. The topological polar surface area (TPSA) is 74.0 Å². The Labute approximate surface area is 177 Å². The van der Waals surface area contributed by atoms with Crippen molar-refractivity contribution < 1.29 is 4.79 Å². The lowest BCUT2D eigenvalue weighted by Gasteiger charge is -2.13. The van der Waals surface area contributed by atoms with E-state index in [1.165, 1.54) is 10.8 Å². The van der Waals surface area contributed by atoms with Crippen LogP contribution in [0.4, 0.5) is 0 Å². The van der Waals surface area contributed by atoms with Crippen LogP contribution in [0.15, 0.2) is 76.4 Å². The van der Waals surface area contributed by atoms with Crippen molar-refractivity contribution in [2.24, 2.45) is 0 Å². The summed E-state index contributed by atoms with van der Waals surface area (Å²) in [6.45, 7) is 1.85. The quantitative estimate of drug-likeness (QED) is 0.464. The predicted molar refractivity (Wildman–Crippen MR) is 116 cm³/mol. The number of pyridine rings is 1. The van der Waals surface area contributed by atoms with Crippen molar-refractivity contribution in [3.63, 3.8) is 0 Å². The Morgan fingerprint density at radius 3 is 2.37 bits per heavy atom. The van der Waals surface area contributed by atoms with Gasteiger partial charge in [0.25, 0.3) is 5.56 Å². The molecule has 0 unspecified atom stereocenters. The maximum absolute atomic E-state index is 13.2. The number of nitrogens with zero attached hydrogens (tertiary/aromatic N) is 3. The SMILES string of the molecule is Cc1ccc(Cn2c(=O)c3ncccc3n(CC(=O)c3ccc(Cl)cc3)c2=O)cc1. The van der Waals surface area contributed by atoms with E-state index >= 15 is 0 Å².